The Morgan fingerprint density at radius 2 is 2.00 bits per heavy atom. The Kier molecular flexibility index (Phi) is 6.48. The molecule has 15 heavy (non-hydrogen) atoms. The molecule has 1 rings (SSSR count). The molecule has 1 aromatic rings. The summed E-state index contributed by atoms with van der Waals surface area (Å²) in [4.78, 5) is 0. The number of benzene rings is 1. The molecule has 0 heterocycles. The molecular formula is C11H15Br2NO. The fourth-order valence-electron chi connectivity index (χ4n) is 1.23. The van der Waals surface area contributed by atoms with Crippen molar-refractivity contribution in [2.45, 2.75) is 6.42 Å². The van der Waals surface area contributed by atoms with Crippen LogP contribution in [0.4, 0.5) is 0 Å². The van der Waals surface area contributed by atoms with Gasteiger partial charge in [0.25, 0.3) is 0 Å². The van der Waals surface area contributed by atoms with Crippen LogP contribution in [-0.4, -0.2) is 26.8 Å². The van der Waals surface area contributed by atoms with Gasteiger partial charge in [0.05, 0.1) is 6.61 Å². The van der Waals surface area contributed by atoms with Crippen LogP contribution in [0.1, 0.15) is 5.56 Å². The highest BCUT2D eigenvalue weighted by molar-refractivity contribution is 9.13. The van der Waals surface area contributed by atoms with Crippen LogP contribution in [0.2, 0.25) is 0 Å². The van der Waals surface area contributed by atoms with Gasteiger partial charge in [0.1, 0.15) is 0 Å². The zero-order valence-electron chi connectivity index (χ0n) is 8.72. The lowest BCUT2D eigenvalue weighted by atomic mass is 10.1. The molecular weight excluding hydrogens is 322 g/mol. The van der Waals surface area contributed by atoms with E-state index in [1.807, 2.05) is 0 Å². The van der Waals surface area contributed by atoms with E-state index in [1.165, 1.54) is 5.56 Å². The molecule has 0 saturated carbocycles. The van der Waals surface area contributed by atoms with Gasteiger partial charge < -0.3 is 10.1 Å². The Balaban J connectivity index is 2.28. The highest BCUT2D eigenvalue weighted by Gasteiger charge is 1.98. The van der Waals surface area contributed by atoms with Crippen molar-refractivity contribution in [1.82, 2.24) is 5.32 Å². The summed E-state index contributed by atoms with van der Waals surface area (Å²) in [5.74, 6) is 0. The van der Waals surface area contributed by atoms with E-state index in [1.54, 1.807) is 7.11 Å². The first-order chi connectivity index (χ1) is 7.24. The minimum Gasteiger partial charge on any atom is -0.383 e. The number of hydrogen-bond donors (Lipinski definition) is 1. The van der Waals surface area contributed by atoms with Crippen LogP contribution in [0.5, 0.6) is 0 Å². The number of ether oxygens (including phenoxy) is 1. The molecule has 0 spiro atoms. The van der Waals surface area contributed by atoms with E-state index in [9.17, 15) is 0 Å². The molecule has 2 nitrogen and oxygen atoms in total. The van der Waals surface area contributed by atoms with Gasteiger partial charge in [0.2, 0.25) is 0 Å². The van der Waals surface area contributed by atoms with Crippen molar-refractivity contribution in [3.63, 3.8) is 0 Å². The Hall–Kier alpha value is 0.1000. The first-order valence-corrected chi connectivity index (χ1v) is 6.46. The second-order valence-electron chi connectivity index (χ2n) is 3.24. The number of methoxy groups -OCH3 is 1. The van der Waals surface area contributed by atoms with Crippen molar-refractivity contribution in [2.24, 2.45) is 0 Å². The lowest BCUT2D eigenvalue weighted by Gasteiger charge is -2.05. The van der Waals surface area contributed by atoms with Crippen LogP contribution >= 0.6 is 31.9 Å². The summed E-state index contributed by atoms with van der Waals surface area (Å²) in [6, 6.07) is 6.34. The summed E-state index contributed by atoms with van der Waals surface area (Å²) in [5.41, 5.74) is 1.33. The average Bonchev–Trinajstić information content (AvgIpc) is 2.23. The molecule has 4 heteroatoms. The van der Waals surface area contributed by atoms with E-state index < -0.39 is 0 Å². The van der Waals surface area contributed by atoms with Crippen molar-refractivity contribution < 1.29 is 4.74 Å². The van der Waals surface area contributed by atoms with Crippen LogP contribution in [0.15, 0.2) is 27.1 Å². The first-order valence-electron chi connectivity index (χ1n) is 4.87. The monoisotopic (exact) mass is 335 g/mol. The van der Waals surface area contributed by atoms with Crippen molar-refractivity contribution in [3.8, 4) is 0 Å². The van der Waals surface area contributed by atoms with Crippen LogP contribution < -0.4 is 5.32 Å². The lowest BCUT2D eigenvalue weighted by Crippen LogP contribution is -2.21. The van der Waals surface area contributed by atoms with Crippen LogP contribution in [0, 0.1) is 0 Å². The maximum absolute atomic E-state index is 4.95. The Morgan fingerprint density at radius 1 is 1.20 bits per heavy atom. The normalized spacial score (nSPS) is 10.6. The standard InChI is InChI=1S/C11H15Br2NO/c1-15-7-6-14-5-4-9-2-3-10(12)11(13)8-9/h2-3,8,14H,4-7H2,1H3. The molecule has 0 radical (unpaired) electrons. The molecule has 0 atom stereocenters. The third-order valence-corrected chi connectivity index (χ3v) is 3.94. The smallest absolute Gasteiger partial charge is 0.0587 e. The van der Waals surface area contributed by atoms with Gasteiger partial charge in [-0.15, -0.1) is 0 Å². The van der Waals surface area contributed by atoms with Gasteiger partial charge in [-0.05, 0) is 62.5 Å². The molecule has 1 aromatic carbocycles. The van der Waals surface area contributed by atoms with Crippen LogP contribution in [0.3, 0.4) is 0 Å². The minimum absolute atomic E-state index is 0.768. The van der Waals surface area contributed by atoms with E-state index in [0.29, 0.717) is 0 Å². The maximum Gasteiger partial charge on any atom is 0.0587 e. The SMILES string of the molecule is COCCNCCc1ccc(Br)c(Br)c1. The van der Waals surface area contributed by atoms with Crippen molar-refractivity contribution in [3.05, 3.63) is 32.7 Å². The van der Waals surface area contributed by atoms with Gasteiger partial charge in [-0.25, -0.2) is 0 Å². The molecule has 0 unspecified atom stereocenters. The summed E-state index contributed by atoms with van der Waals surface area (Å²) in [5, 5.41) is 3.32. The van der Waals surface area contributed by atoms with E-state index in [-0.39, 0.29) is 0 Å². The fourth-order valence-corrected chi connectivity index (χ4v) is 1.90. The highest BCUT2D eigenvalue weighted by Crippen LogP contribution is 2.23. The Labute approximate surface area is 108 Å². The second kappa shape index (κ2) is 7.39. The number of rotatable bonds is 6. The van der Waals surface area contributed by atoms with Gasteiger partial charge in [-0.2, -0.15) is 0 Å². The molecule has 0 aliphatic heterocycles. The molecule has 84 valence electrons. The third-order valence-electron chi connectivity index (χ3n) is 2.06. The topological polar surface area (TPSA) is 21.3 Å². The summed E-state index contributed by atoms with van der Waals surface area (Å²) in [6.07, 6.45) is 1.04. The maximum atomic E-state index is 4.95. The zero-order valence-corrected chi connectivity index (χ0v) is 11.9. The predicted molar refractivity (Wildman–Crippen MR) is 70.3 cm³/mol. The van der Waals surface area contributed by atoms with Crippen LogP contribution in [0.25, 0.3) is 0 Å². The van der Waals surface area contributed by atoms with Crippen molar-refractivity contribution >= 4 is 31.9 Å². The number of halogens is 2. The summed E-state index contributed by atoms with van der Waals surface area (Å²) in [7, 11) is 1.72. The van der Waals surface area contributed by atoms with Gasteiger partial charge >= 0.3 is 0 Å². The van der Waals surface area contributed by atoms with E-state index in [2.05, 4.69) is 55.4 Å². The fraction of sp³-hybridized carbons (Fsp3) is 0.455. The average molecular weight is 337 g/mol. The Morgan fingerprint density at radius 3 is 2.67 bits per heavy atom. The molecule has 0 aliphatic carbocycles. The summed E-state index contributed by atoms with van der Waals surface area (Å²) < 4.78 is 7.16. The highest BCUT2D eigenvalue weighted by atomic mass is 79.9. The van der Waals surface area contributed by atoms with E-state index >= 15 is 0 Å². The van der Waals surface area contributed by atoms with E-state index in [0.717, 1.165) is 35.1 Å². The second-order valence-corrected chi connectivity index (χ2v) is 4.95. The predicted octanol–water partition coefficient (Wildman–Crippen LogP) is 2.99. The van der Waals surface area contributed by atoms with Gasteiger partial charge in [0.15, 0.2) is 0 Å². The molecule has 0 fully saturated rings. The lowest BCUT2D eigenvalue weighted by molar-refractivity contribution is 0.199. The Bertz CT molecular complexity index is 305. The van der Waals surface area contributed by atoms with Crippen LogP contribution in [-0.2, 0) is 11.2 Å². The molecule has 0 saturated heterocycles. The molecule has 0 aromatic heterocycles. The quantitative estimate of drug-likeness (QED) is 0.806. The summed E-state index contributed by atoms with van der Waals surface area (Å²) >= 11 is 6.95. The molecule has 0 bridgehead atoms. The third kappa shape index (κ3) is 5.11. The van der Waals surface area contributed by atoms with Gasteiger partial charge in [-0.1, -0.05) is 6.07 Å². The van der Waals surface area contributed by atoms with Gasteiger partial charge in [0, 0.05) is 22.6 Å². The number of hydrogen-bond acceptors (Lipinski definition) is 2. The largest absolute Gasteiger partial charge is 0.383 e. The first kappa shape index (κ1) is 13.2. The van der Waals surface area contributed by atoms with Crippen molar-refractivity contribution in [1.29, 1.82) is 0 Å². The van der Waals surface area contributed by atoms with Gasteiger partial charge in [-0.3, -0.25) is 0 Å². The molecule has 0 aliphatic rings. The van der Waals surface area contributed by atoms with Crippen molar-refractivity contribution in [2.75, 3.05) is 26.8 Å². The number of nitrogens with one attached hydrogen (secondary N) is 1. The molecule has 0 amide bonds. The summed E-state index contributed by atoms with van der Waals surface area (Å²) in [6.45, 7) is 2.66. The minimum atomic E-state index is 0.768. The zero-order chi connectivity index (χ0) is 11.1. The molecule has 1 N–H and O–H groups in total. The van der Waals surface area contributed by atoms with E-state index in [4.69, 9.17) is 4.74 Å².